The summed E-state index contributed by atoms with van der Waals surface area (Å²) in [6.45, 7) is 10.2. The molecule has 1 aromatic heterocycles. The molecule has 4 aliphatic heterocycles. The lowest BCUT2D eigenvalue weighted by Crippen LogP contribution is -2.46. The van der Waals surface area contributed by atoms with Crippen LogP contribution in [0.25, 0.3) is 0 Å². The predicted molar refractivity (Wildman–Crippen MR) is 177 cm³/mol. The minimum absolute atomic E-state index is 0.162. The fourth-order valence-corrected chi connectivity index (χ4v) is 8.52. The van der Waals surface area contributed by atoms with Crippen LogP contribution in [0.15, 0.2) is 36.7 Å². The maximum absolute atomic E-state index is 13.9. The number of fused-ring (bicyclic) bond motifs is 3. The van der Waals surface area contributed by atoms with E-state index in [0.29, 0.717) is 30.3 Å². The van der Waals surface area contributed by atoms with E-state index in [2.05, 4.69) is 67.1 Å². The number of hydrogen-bond donors (Lipinski definition) is 2. The highest BCUT2D eigenvalue weighted by Crippen LogP contribution is 2.46. The molecule has 4 saturated heterocycles. The summed E-state index contributed by atoms with van der Waals surface area (Å²) in [6.07, 6.45) is 9.07. The van der Waals surface area contributed by atoms with Gasteiger partial charge in [0.15, 0.2) is 0 Å². The van der Waals surface area contributed by atoms with Crippen LogP contribution in [-0.2, 0) is 6.18 Å². The Morgan fingerprint density at radius 3 is 2.26 bits per heavy atom. The fraction of sp³-hybridized carbons (Fsp3) is 0.667. The number of anilines is 3. The molecular formula is C36H50F3N7. The van der Waals surface area contributed by atoms with Crippen molar-refractivity contribution >= 4 is 17.5 Å². The van der Waals surface area contributed by atoms with E-state index < -0.39 is 11.7 Å². The minimum Gasteiger partial charge on any atom is -0.372 e. The van der Waals surface area contributed by atoms with Gasteiger partial charge in [-0.25, -0.2) is 4.98 Å². The number of aromatic nitrogens is 2. The molecule has 0 unspecified atom stereocenters. The Balaban J connectivity index is 0.998. The van der Waals surface area contributed by atoms with Crippen molar-refractivity contribution in [3.63, 3.8) is 0 Å². The number of nitrogens with zero attached hydrogens (tertiary/aromatic N) is 5. The van der Waals surface area contributed by atoms with Gasteiger partial charge in [0.25, 0.3) is 0 Å². The van der Waals surface area contributed by atoms with Crippen LogP contribution in [-0.4, -0.2) is 83.1 Å². The van der Waals surface area contributed by atoms with Gasteiger partial charge in [0.05, 0.1) is 0 Å². The van der Waals surface area contributed by atoms with Crippen molar-refractivity contribution in [1.29, 1.82) is 0 Å². The molecule has 2 aliphatic carbocycles. The molecular weight excluding hydrogens is 587 g/mol. The first-order chi connectivity index (χ1) is 22.2. The molecule has 1 aromatic carbocycles. The van der Waals surface area contributed by atoms with Crippen molar-refractivity contribution < 1.29 is 13.2 Å². The van der Waals surface area contributed by atoms with Crippen molar-refractivity contribution in [3.8, 4) is 0 Å². The van der Waals surface area contributed by atoms with Crippen LogP contribution in [0.5, 0.6) is 0 Å². The second kappa shape index (κ2) is 13.3. The van der Waals surface area contributed by atoms with E-state index in [1.807, 2.05) is 0 Å². The number of halogens is 3. The first-order valence-electron chi connectivity index (χ1n) is 17.7. The van der Waals surface area contributed by atoms with Crippen LogP contribution >= 0.6 is 0 Å². The molecule has 2 N–H and O–H groups in total. The predicted octanol–water partition coefficient (Wildman–Crippen LogP) is 7.58. The van der Waals surface area contributed by atoms with Gasteiger partial charge in [0.2, 0.25) is 5.95 Å². The molecule has 0 amide bonds. The largest absolute Gasteiger partial charge is 0.421 e. The Kier molecular flexibility index (Phi) is 9.20. The number of hydrogen-bond acceptors (Lipinski definition) is 7. The van der Waals surface area contributed by atoms with E-state index >= 15 is 0 Å². The third-order valence-electron chi connectivity index (χ3n) is 11.5. The summed E-state index contributed by atoms with van der Waals surface area (Å²) in [5, 5.41) is 6.30. The van der Waals surface area contributed by atoms with Crippen LogP contribution in [0.4, 0.5) is 30.6 Å². The van der Waals surface area contributed by atoms with Gasteiger partial charge in [-0.2, -0.15) is 18.2 Å². The number of rotatable bonds is 10. The molecule has 10 heteroatoms. The zero-order valence-corrected chi connectivity index (χ0v) is 27.3. The number of piperidine rings is 4. The van der Waals surface area contributed by atoms with E-state index in [1.54, 1.807) is 0 Å². The van der Waals surface area contributed by atoms with Crippen molar-refractivity contribution in [3.05, 3.63) is 53.4 Å². The van der Waals surface area contributed by atoms with Gasteiger partial charge in [-0.05, 0) is 139 Å². The van der Waals surface area contributed by atoms with Gasteiger partial charge in [-0.15, -0.1) is 0 Å². The Hall–Kier alpha value is -2.85. The topological polar surface area (TPSA) is 59.6 Å². The van der Waals surface area contributed by atoms with Gasteiger partial charge >= 0.3 is 6.18 Å². The summed E-state index contributed by atoms with van der Waals surface area (Å²) >= 11 is 0. The Morgan fingerprint density at radius 1 is 0.870 bits per heavy atom. The highest BCUT2D eigenvalue weighted by molar-refractivity contribution is 5.63. The molecule has 0 radical (unpaired) electrons. The maximum Gasteiger partial charge on any atom is 0.421 e. The SMILES string of the molecule is C=C1C2CCC(CC2)N1CCCNc1nc(Nc2ccc(C3CCN(C4CCN(C)CC4)CC3)cc2C2CC2)ncc1C(F)(F)F. The normalized spacial score (nSPS) is 25.3. The van der Waals surface area contributed by atoms with Crippen molar-refractivity contribution in [1.82, 2.24) is 24.7 Å². The van der Waals surface area contributed by atoms with Crippen LogP contribution in [0.3, 0.4) is 0 Å². The van der Waals surface area contributed by atoms with Crippen molar-refractivity contribution in [2.24, 2.45) is 5.92 Å². The van der Waals surface area contributed by atoms with E-state index in [-0.39, 0.29) is 11.8 Å². The standard InChI is InChI=1S/C36H50F3N7/c1-24-25-6-9-30(10-7-25)46(24)17-3-16-40-34-32(36(37,38)39)23-41-35(43-34)42-33-11-8-28(22-31(33)27-4-5-27)26-12-20-45(21-13-26)29-14-18-44(2)19-15-29/h8,11,22-23,25-27,29-30H,1,3-7,9-10,12-21H2,2H3,(H2,40,41,42,43). The summed E-state index contributed by atoms with van der Waals surface area (Å²) in [6, 6.07) is 7.90. The second-order valence-corrected chi connectivity index (χ2v) is 14.5. The fourth-order valence-electron chi connectivity index (χ4n) is 8.52. The van der Waals surface area contributed by atoms with Gasteiger partial charge in [-0.1, -0.05) is 18.7 Å². The summed E-state index contributed by atoms with van der Waals surface area (Å²) in [7, 11) is 2.22. The number of benzene rings is 1. The lowest BCUT2D eigenvalue weighted by molar-refractivity contribution is -0.137. The summed E-state index contributed by atoms with van der Waals surface area (Å²) in [5.41, 5.74) is 3.91. The quantitative estimate of drug-likeness (QED) is 0.261. The lowest BCUT2D eigenvalue weighted by atomic mass is 9.78. The highest BCUT2D eigenvalue weighted by atomic mass is 19.4. The van der Waals surface area contributed by atoms with Crippen LogP contribution < -0.4 is 10.6 Å². The number of alkyl halides is 3. The molecule has 46 heavy (non-hydrogen) atoms. The summed E-state index contributed by atoms with van der Waals surface area (Å²) in [5.74, 6) is 1.63. The van der Waals surface area contributed by atoms with E-state index in [4.69, 9.17) is 0 Å². The van der Waals surface area contributed by atoms with E-state index in [0.717, 1.165) is 56.8 Å². The Morgan fingerprint density at radius 2 is 1.59 bits per heavy atom. The summed E-state index contributed by atoms with van der Waals surface area (Å²) in [4.78, 5) is 16.0. The first-order valence-corrected chi connectivity index (χ1v) is 17.7. The van der Waals surface area contributed by atoms with Gasteiger partial charge < -0.3 is 25.3 Å². The zero-order chi connectivity index (χ0) is 31.8. The van der Waals surface area contributed by atoms with Crippen molar-refractivity contribution in [2.45, 2.75) is 101 Å². The average molecular weight is 638 g/mol. The second-order valence-electron chi connectivity index (χ2n) is 14.5. The van der Waals surface area contributed by atoms with Crippen molar-refractivity contribution in [2.75, 3.05) is 56.9 Å². The molecule has 2 bridgehead atoms. The molecule has 2 saturated carbocycles. The third-order valence-corrected chi connectivity index (χ3v) is 11.5. The number of allylic oxidation sites excluding steroid dienone is 1. The Bertz CT molecular complexity index is 1370. The monoisotopic (exact) mass is 637 g/mol. The van der Waals surface area contributed by atoms with Crippen LogP contribution in [0.2, 0.25) is 0 Å². The minimum atomic E-state index is -4.54. The highest BCUT2D eigenvalue weighted by Gasteiger charge is 2.37. The van der Waals surface area contributed by atoms with E-state index in [9.17, 15) is 13.2 Å². The molecule has 2 aromatic rings. The van der Waals surface area contributed by atoms with Gasteiger partial charge in [0, 0.05) is 42.8 Å². The molecule has 0 atom stereocenters. The summed E-state index contributed by atoms with van der Waals surface area (Å²) < 4.78 is 41.8. The Labute approximate surface area is 272 Å². The van der Waals surface area contributed by atoms with E-state index in [1.165, 1.54) is 81.3 Å². The van der Waals surface area contributed by atoms with Gasteiger partial charge in [0.1, 0.15) is 11.4 Å². The van der Waals surface area contributed by atoms with Crippen LogP contribution in [0, 0.1) is 5.92 Å². The molecule has 250 valence electrons. The molecule has 8 rings (SSSR count). The van der Waals surface area contributed by atoms with Crippen LogP contribution in [0.1, 0.15) is 99.2 Å². The molecule has 6 aliphatic rings. The third kappa shape index (κ3) is 7.03. The lowest BCUT2D eigenvalue weighted by Gasteiger charge is -2.48. The maximum atomic E-state index is 13.9. The zero-order valence-electron chi connectivity index (χ0n) is 27.3. The number of nitrogens with one attached hydrogen (secondary N) is 2. The smallest absolute Gasteiger partial charge is 0.372 e. The average Bonchev–Trinajstić information content (AvgIpc) is 3.91. The molecule has 5 heterocycles. The van der Waals surface area contributed by atoms with Gasteiger partial charge in [-0.3, -0.25) is 0 Å². The molecule has 6 fully saturated rings. The molecule has 0 spiro atoms. The molecule has 7 nitrogen and oxygen atoms in total. The number of likely N-dealkylation sites (tertiary alicyclic amines) is 2. The first kappa shape index (κ1) is 31.7.